The van der Waals surface area contributed by atoms with Gasteiger partial charge in [-0.15, -0.1) is 0 Å². The summed E-state index contributed by atoms with van der Waals surface area (Å²) in [4.78, 5) is 0. The van der Waals surface area contributed by atoms with Gasteiger partial charge in [-0.25, -0.2) is 8.42 Å². The maximum atomic E-state index is 11.2. The Kier molecular flexibility index (Phi) is 2.46. The summed E-state index contributed by atoms with van der Waals surface area (Å²) in [5, 5.41) is 3.80. The standard InChI is InChI=1S/C6H12N4O2S/c1-3-13(11,12)9-6-5(7)4-8-10(6)2/h4,9H,3,7H2,1-2H3. The summed E-state index contributed by atoms with van der Waals surface area (Å²) >= 11 is 0. The van der Waals surface area contributed by atoms with E-state index in [1.165, 1.54) is 10.9 Å². The van der Waals surface area contributed by atoms with Crippen molar-refractivity contribution >= 4 is 21.5 Å². The van der Waals surface area contributed by atoms with Crippen LogP contribution in [0, 0.1) is 0 Å². The Morgan fingerprint density at radius 2 is 2.31 bits per heavy atom. The molecule has 0 radical (unpaired) electrons. The van der Waals surface area contributed by atoms with Crippen LogP contribution in [0.5, 0.6) is 0 Å². The average Bonchev–Trinajstić information content (AvgIpc) is 2.36. The lowest BCUT2D eigenvalue weighted by atomic mass is 10.5. The first-order valence-corrected chi connectivity index (χ1v) is 5.39. The molecule has 0 unspecified atom stereocenters. The predicted octanol–water partition coefficient (Wildman–Crippen LogP) is -0.236. The van der Waals surface area contributed by atoms with E-state index in [-0.39, 0.29) is 5.75 Å². The average molecular weight is 204 g/mol. The maximum absolute atomic E-state index is 11.2. The molecule has 0 aliphatic carbocycles. The molecular formula is C6H12N4O2S. The zero-order valence-electron chi connectivity index (χ0n) is 7.48. The topological polar surface area (TPSA) is 90.0 Å². The van der Waals surface area contributed by atoms with Crippen LogP contribution in [0.25, 0.3) is 0 Å². The predicted molar refractivity (Wildman–Crippen MR) is 50.7 cm³/mol. The van der Waals surface area contributed by atoms with Crippen LogP contribution in [0.15, 0.2) is 6.20 Å². The van der Waals surface area contributed by atoms with Crippen molar-refractivity contribution in [1.82, 2.24) is 9.78 Å². The number of anilines is 2. The minimum absolute atomic E-state index is 0.0115. The van der Waals surface area contributed by atoms with E-state index in [0.717, 1.165) is 0 Å². The van der Waals surface area contributed by atoms with Gasteiger partial charge in [-0.3, -0.25) is 9.40 Å². The third-order valence-electron chi connectivity index (χ3n) is 1.60. The Hall–Kier alpha value is -1.24. The molecule has 1 aromatic rings. The van der Waals surface area contributed by atoms with Crippen molar-refractivity contribution in [3.8, 4) is 0 Å². The van der Waals surface area contributed by atoms with Crippen LogP contribution >= 0.6 is 0 Å². The van der Waals surface area contributed by atoms with Gasteiger partial charge in [0.25, 0.3) is 0 Å². The first kappa shape index (κ1) is 9.85. The molecule has 0 saturated carbocycles. The number of nitrogen functional groups attached to an aromatic ring is 1. The molecule has 0 aromatic carbocycles. The SMILES string of the molecule is CCS(=O)(=O)Nc1c(N)cnn1C. The molecule has 0 fully saturated rings. The quantitative estimate of drug-likeness (QED) is 0.711. The van der Waals surface area contributed by atoms with Crippen LogP contribution in [0.2, 0.25) is 0 Å². The molecule has 0 spiro atoms. The molecule has 0 amide bonds. The van der Waals surface area contributed by atoms with Crippen molar-refractivity contribution in [3.05, 3.63) is 6.20 Å². The maximum Gasteiger partial charge on any atom is 0.233 e. The molecule has 74 valence electrons. The summed E-state index contributed by atoms with van der Waals surface area (Å²) in [6.45, 7) is 1.55. The van der Waals surface area contributed by atoms with Crippen LogP contribution < -0.4 is 10.5 Å². The van der Waals surface area contributed by atoms with E-state index >= 15 is 0 Å². The number of rotatable bonds is 3. The van der Waals surface area contributed by atoms with Gasteiger partial charge in [-0.2, -0.15) is 5.10 Å². The molecule has 0 aliphatic rings. The second kappa shape index (κ2) is 3.25. The molecule has 0 bridgehead atoms. The number of hydrogen-bond donors (Lipinski definition) is 2. The number of nitrogens with two attached hydrogens (primary N) is 1. The number of nitrogens with one attached hydrogen (secondary N) is 1. The lowest BCUT2D eigenvalue weighted by Crippen LogP contribution is -2.17. The van der Waals surface area contributed by atoms with Crippen molar-refractivity contribution < 1.29 is 8.42 Å². The number of aryl methyl sites for hydroxylation is 1. The van der Waals surface area contributed by atoms with E-state index in [9.17, 15) is 8.42 Å². The van der Waals surface area contributed by atoms with Gasteiger partial charge >= 0.3 is 0 Å². The molecule has 1 heterocycles. The molecule has 1 aromatic heterocycles. The van der Waals surface area contributed by atoms with E-state index in [1.54, 1.807) is 14.0 Å². The van der Waals surface area contributed by atoms with Gasteiger partial charge in [0, 0.05) is 7.05 Å². The van der Waals surface area contributed by atoms with Crippen molar-refractivity contribution in [2.45, 2.75) is 6.92 Å². The molecule has 3 N–H and O–H groups in total. The Morgan fingerprint density at radius 3 is 2.69 bits per heavy atom. The summed E-state index contributed by atoms with van der Waals surface area (Å²) in [6.07, 6.45) is 1.40. The highest BCUT2D eigenvalue weighted by molar-refractivity contribution is 7.92. The smallest absolute Gasteiger partial charge is 0.233 e. The number of aromatic nitrogens is 2. The van der Waals surface area contributed by atoms with Gasteiger partial charge in [-0.1, -0.05) is 0 Å². The lowest BCUT2D eigenvalue weighted by molar-refractivity contribution is 0.601. The van der Waals surface area contributed by atoms with Gasteiger partial charge in [0.1, 0.15) is 0 Å². The van der Waals surface area contributed by atoms with Crippen molar-refractivity contribution in [2.75, 3.05) is 16.2 Å². The van der Waals surface area contributed by atoms with Gasteiger partial charge in [0.05, 0.1) is 17.6 Å². The Labute approximate surface area is 76.8 Å². The second-order valence-corrected chi connectivity index (χ2v) is 4.59. The van der Waals surface area contributed by atoms with E-state index < -0.39 is 10.0 Å². The van der Waals surface area contributed by atoms with Gasteiger partial charge in [-0.05, 0) is 6.92 Å². The Morgan fingerprint density at radius 1 is 1.69 bits per heavy atom. The fourth-order valence-electron chi connectivity index (χ4n) is 0.799. The van der Waals surface area contributed by atoms with Gasteiger partial charge in [0.15, 0.2) is 5.82 Å². The molecule has 0 saturated heterocycles. The van der Waals surface area contributed by atoms with Gasteiger partial charge < -0.3 is 5.73 Å². The van der Waals surface area contributed by atoms with Crippen molar-refractivity contribution in [3.63, 3.8) is 0 Å². The molecule has 1 rings (SSSR count). The van der Waals surface area contributed by atoms with Crippen LogP contribution in [0.3, 0.4) is 0 Å². The molecule has 13 heavy (non-hydrogen) atoms. The first-order chi connectivity index (χ1) is 5.96. The molecular weight excluding hydrogens is 192 g/mol. The largest absolute Gasteiger partial charge is 0.394 e. The van der Waals surface area contributed by atoms with E-state index in [1.807, 2.05) is 0 Å². The molecule has 0 aliphatic heterocycles. The molecule has 0 atom stereocenters. The van der Waals surface area contributed by atoms with Crippen LogP contribution in [-0.2, 0) is 17.1 Å². The highest BCUT2D eigenvalue weighted by atomic mass is 32.2. The minimum Gasteiger partial charge on any atom is -0.394 e. The fraction of sp³-hybridized carbons (Fsp3) is 0.500. The third kappa shape index (κ3) is 2.11. The Bertz CT molecular complexity index is 375. The van der Waals surface area contributed by atoms with Gasteiger partial charge in [0.2, 0.25) is 10.0 Å². The van der Waals surface area contributed by atoms with E-state index in [4.69, 9.17) is 5.73 Å². The number of nitrogens with zero attached hydrogens (tertiary/aromatic N) is 2. The van der Waals surface area contributed by atoms with Crippen LogP contribution in [0.1, 0.15) is 6.92 Å². The van der Waals surface area contributed by atoms with Crippen LogP contribution in [0.4, 0.5) is 11.5 Å². The zero-order valence-corrected chi connectivity index (χ0v) is 8.30. The highest BCUT2D eigenvalue weighted by Gasteiger charge is 2.12. The summed E-state index contributed by atoms with van der Waals surface area (Å²) < 4.78 is 26.0. The fourth-order valence-corrected chi connectivity index (χ4v) is 1.49. The number of sulfonamides is 1. The van der Waals surface area contributed by atoms with Crippen LogP contribution in [-0.4, -0.2) is 24.0 Å². The highest BCUT2D eigenvalue weighted by Crippen LogP contribution is 2.16. The lowest BCUT2D eigenvalue weighted by Gasteiger charge is -2.06. The third-order valence-corrected chi connectivity index (χ3v) is 2.86. The zero-order chi connectivity index (χ0) is 10.1. The minimum atomic E-state index is -3.28. The van der Waals surface area contributed by atoms with E-state index in [0.29, 0.717) is 11.5 Å². The Balaban J connectivity index is 2.99. The van der Waals surface area contributed by atoms with Crippen molar-refractivity contribution in [1.29, 1.82) is 0 Å². The van der Waals surface area contributed by atoms with Crippen molar-refractivity contribution in [2.24, 2.45) is 7.05 Å². The summed E-state index contributed by atoms with van der Waals surface area (Å²) in [7, 11) is -1.66. The normalized spacial score (nSPS) is 11.5. The second-order valence-electron chi connectivity index (χ2n) is 2.58. The molecule has 7 heteroatoms. The summed E-state index contributed by atoms with van der Waals surface area (Å²) in [6, 6.07) is 0. The monoisotopic (exact) mass is 204 g/mol. The molecule has 6 nitrogen and oxygen atoms in total. The summed E-state index contributed by atoms with van der Waals surface area (Å²) in [5.41, 5.74) is 5.81. The number of hydrogen-bond acceptors (Lipinski definition) is 4. The van der Waals surface area contributed by atoms with E-state index in [2.05, 4.69) is 9.82 Å². The summed E-state index contributed by atoms with van der Waals surface area (Å²) in [5.74, 6) is 0.319. The first-order valence-electron chi connectivity index (χ1n) is 3.74.